The molecule has 0 aromatic heterocycles. The lowest BCUT2D eigenvalue weighted by Crippen LogP contribution is -2.55. The van der Waals surface area contributed by atoms with E-state index in [1.54, 1.807) is 0 Å². The molecule has 1 unspecified atom stereocenters. The SMILES string of the molecule is CCNC(=NCc1ccccc1CC)N1CCC(C2(C)NC(=O)NC2=O)CC1.I. The van der Waals surface area contributed by atoms with Crippen LogP contribution in [-0.2, 0) is 17.8 Å². The van der Waals surface area contributed by atoms with Crippen LogP contribution in [0.3, 0.4) is 0 Å². The number of guanidine groups is 1. The lowest BCUT2D eigenvalue weighted by molar-refractivity contribution is -0.125. The quantitative estimate of drug-likeness (QED) is 0.245. The standard InChI is InChI=1S/C21H31N5O2.HI/c1-4-15-8-6-7-9-16(15)14-23-19(22-5-2)26-12-10-17(11-13-26)21(3)18(27)24-20(28)25-21;/h6-9,17H,4-5,10-14H2,1-3H3,(H,22,23)(H2,24,25,27,28);1H. The Morgan fingerprint density at radius 2 is 1.86 bits per heavy atom. The maximum atomic E-state index is 12.2. The van der Waals surface area contributed by atoms with Crippen molar-refractivity contribution in [2.45, 2.75) is 52.1 Å². The second kappa shape index (κ2) is 10.3. The number of hydrogen-bond acceptors (Lipinski definition) is 3. The predicted octanol–water partition coefficient (Wildman–Crippen LogP) is 2.64. The number of aliphatic imine (C=N–C) groups is 1. The van der Waals surface area contributed by atoms with Gasteiger partial charge in [0.25, 0.3) is 5.91 Å². The van der Waals surface area contributed by atoms with Crippen molar-refractivity contribution in [2.24, 2.45) is 10.9 Å². The number of rotatable bonds is 5. The molecule has 0 spiro atoms. The van der Waals surface area contributed by atoms with Gasteiger partial charge in [-0.15, -0.1) is 24.0 Å². The van der Waals surface area contributed by atoms with Crippen molar-refractivity contribution in [3.8, 4) is 0 Å². The van der Waals surface area contributed by atoms with E-state index >= 15 is 0 Å². The number of nitrogens with one attached hydrogen (secondary N) is 3. The van der Waals surface area contributed by atoms with Crippen LogP contribution in [0.15, 0.2) is 29.3 Å². The topological polar surface area (TPSA) is 85.8 Å². The average Bonchev–Trinajstić information content (AvgIpc) is 2.98. The van der Waals surface area contributed by atoms with Gasteiger partial charge in [0, 0.05) is 19.6 Å². The maximum absolute atomic E-state index is 12.2. The summed E-state index contributed by atoms with van der Waals surface area (Å²) >= 11 is 0. The van der Waals surface area contributed by atoms with Crippen molar-refractivity contribution >= 4 is 41.9 Å². The molecule has 1 atom stereocenters. The van der Waals surface area contributed by atoms with E-state index in [-0.39, 0.29) is 41.8 Å². The fourth-order valence-electron chi connectivity index (χ4n) is 4.16. The van der Waals surface area contributed by atoms with Gasteiger partial charge in [-0.2, -0.15) is 0 Å². The Morgan fingerprint density at radius 1 is 1.21 bits per heavy atom. The van der Waals surface area contributed by atoms with Crippen LogP contribution in [0.5, 0.6) is 0 Å². The van der Waals surface area contributed by atoms with E-state index in [0.29, 0.717) is 6.54 Å². The fraction of sp³-hybridized carbons (Fsp3) is 0.571. The van der Waals surface area contributed by atoms with Crippen molar-refractivity contribution in [1.29, 1.82) is 0 Å². The number of aryl methyl sites for hydroxylation is 1. The number of urea groups is 1. The molecule has 160 valence electrons. The molecule has 2 fully saturated rings. The van der Waals surface area contributed by atoms with Crippen LogP contribution in [0, 0.1) is 5.92 Å². The maximum Gasteiger partial charge on any atom is 0.322 e. The van der Waals surface area contributed by atoms with E-state index in [4.69, 9.17) is 4.99 Å². The minimum atomic E-state index is -0.807. The molecule has 3 N–H and O–H groups in total. The molecule has 2 aliphatic heterocycles. The Kier molecular flexibility index (Phi) is 8.30. The summed E-state index contributed by atoms with van der Waals surface area (Å²) in [7, 11) is 0. The average molecular weight is 513 g/mol. The van der Waals surface area contributed by atoms with E-state index in [1.165, 1.54) is 11.1 Å². The van der Waals surface area contributed by atoms with Crippen molar-refractivity contribution in [3.63, 3.8) is 0 Å². The highest BCUT2D eigenvalue weighted by atomic mass is 127. The highest BCUT2D eigenvalue weighted by molar-refractivity contribution is 14.0. The molecule has 3 rings (SSSR count). The molecule has 8 heteroatoms. The molecule has 7 nitrogen and oxygen atoms in total. The van der Waals surface area contributed by atoms with Gasteiger partial charge in [0.1, 0.15) is 5.54 Å². The van der Waals surface area contributed by atoms with Crippen molar-refractivity contribution in [3.05, 3.63) is 35.4 Å². The summed E-state index contributed by atoms with van der Waals surface area (Å²) in [6, 6.07) is 8.04. The summed E-state index contributed by atoms with van der Waals surface area (Å²) in [5.74, 6) is 0.823. The van der Waals surface area contributed by atoms with Crippen LogP contribution < -0.4 is 16.0 Å². The Morgan fingerprint density at radius 3 is 2.41 bits per heavy atom. The minimum absolute atomic E-state index is 0. The number of benzene rings is 1. The summed E-state index contributed by atoms with van der Waals surface area (Å²) < 4.78 is 0. The van der Waals surface area contributed by atoms with E-state index in [1.807, 2.05) is 6.92 Å². The summed E-state index contributed by atoms with van der Waals surface area (Å²) in [5, 5.41) is 8.58. The van der Waals surface area contributed by atoms with Crippen LogP contribution in [0.1, 0.15) is 44.7 Å². The first-order valence-corrected chi connectivity index (χ1v) is 10.2. The summed E-state index contributed by atoms with van der Waals surface area (Å²) in [6.07, 6.45) is 2.67. The number of nitrogens with zero attached hydrogens (tertiary/aromatic N) is 2. The summed E-state index contributed by atoms with van der Waals surface area (Å²) in [5.41, 5.74) is 1.78. The molecule has 1 aromatic carbocycles. The Balaban J connectivity index is 0.00000300. The van der Waals surface area contributed by atoms with E-state index in [0.717, 1.165) is 44.9 Å². The molecule has 0 bridgehead atoms. The van der Waals surface area contributed by atoms with E-state index < -0.39 is 5.54 Å². The molecule has 0 saturated carbocycles. The molecule has 2 heterocycles. The summed E-state index contributed by atoms with van der Waals surface area (Å²) in [4.78, 5) is 30.9. The van der Waals surface area contributed by atoms with Crippen LogP contribution in [-0.4, -0.2) is 48.0 Å². The van der Waals surface area contributed by atoms with Crippen molar-refractivity contribution in [2.75, 3.05) is 19.6 Å². The number of carbonyl (C=O) groups is 2. The minimum Gasteiger partial charge on any atom is -0.357 e. The highest BCUT2D eigenvalue weighted by Gasteiger charge is 2.48. The third kappa shape index (κ3) is 5.21. The van der Waals surface area contributed by atoms with Crippen LogP contribution >= 0.6 is 24.0 Å². The monoisotopic (exact) mass is 513 g/mol. The smallest absolute Gasteiger partial charge is 0.322 e. The van der Waals surface area contributed by atoms with Crippen molar-refractivity contribution in [1.82, 2.24) is 20.9 Å². The number of halogens is 1. The van der Waals surface area contributed by atoms with Gasteiger partial charge in [-0.25, -0.2) is 9.79 Å². The molecule has 2 saturated heterocycles. The molecule has 29 heavy (non-hydrogen) atoms. The Hall–Kier alpha value is -1.84. The van der Waals surface area contributed by atoms with Crippen LogP contribution in [0.4, 0.5) is 4.79 Å². The molecule has 3 amide bonds. The molecule has 1 aromatic rings. The molecule has 0 aliphatic carbocycles. The third-order valence-electron chi connectivity index (χ3n) is 5.92. The first-order valence-electron chi connectivity index (χ1n) is 10.2. The Bertz CT molecular complexity index is 761. The van der Waals surface area contributed by atoms with Crippen LogP contribution in [0.25, 0.3) is 0 Å². The van der Waals surface area contributed by atoms with Gasteiger partial charge in [-0.05, 0) is 50.2 Å². The van der Waals surface area contributed by atoms with Gasteiger partial charge in [-0.3, -0.25) is 10.1 Å². The van der Waals surface area contributed by atoms with Gasteiger partial charge in [-0.1, -0.05) is 31.2 Å². The van der Waals surface area contributed by atoms with Gasteiger partial charge in [0.2, 0.25) is 0 Å². The van der Waals surface area contributed by atoms with Gasteiger partial charge < -0.3 is 15.5 Å². The fourth-order valence-corrected chi connectivity index (χ4v) is 4.16. The summed E-state index contributed by atoms with van der Waals surface area (Å²) in [6.45, 7) is 9.15. The molecular formula is C21H32IN5O2. The van der Waals surface area contributed by atoms with E-state index in [9.17, 15) is 9.59 Å². The lowest BCUT2D eigenvalue weighted by Gasteiger charge is -2.39. The normalized spacial score (nSPS) is 22.7. The number of amides is 3. The third-order valence-corrected chi connectivity index (χ3v) is 5.92. The molecular weight excluding hydrogens is 481 g/mol. The first-order chi connectivity index (χ1) is 13.5. The van der Waals surface area contributed by atoms with Gasteiger partial charge in [0.15, 0.2) is 5.96 Å². The lowest BCUT2D eigenvalue weighted by atomic mass is 9.79. The van der Waals surface area contributed by atoms with Gasteiger partial charge >= 0.3 is 6.03 Å². The van der Waals surface area contributed by atoms with Crippen molar-refractivity contribution < 1.29 is 9.59 Å². The largest absolute Gasteiger partial charge is 0.357 e. The molecule has 0 radical (unpaired) electrons. The highest BCUT2D eigenvalue weighted by Crippen LogP contribution is 2.30. The second-order valence-corrected chi connectivity index (χ2v) is 7.66. The number of imide groups is 1. The number of piperidine rings is 1. The first kappa shape index (κ1) is 23.4. The molecule has 2 aliphatic rings. The van der Waals surface area contributed by atoms with Gasteiger partial charge in [0.05, 0.1) is 6.54 Å². The van der Waals surface area contributed by atoms with Crippen LogP contribution in [0.2, 0.25) is 0 Å². The second-order valence-electron chi connectivity index (χ2n) is 7.66. The number of likely N-dealkylation sites (tertiary alicyclic amines) is 1. The zero-order chi connectivity index (χ0) is 20.1. The zero-order valence-corrected chi connectivity index (χ0v) is 19.8. The predicted molar refractivity (Wildman–Crippen MR) is 125 cm³/mol. The number of hydrogen-bond donors (Lipinski definition) is 3. The number of carbonyl (C=O) groups excluding carboxylic acids is 2. The zero-order valence-electron chi connectivity index (χ0n) is 17.5. The van der Waals surface area contributed by atoms with E-state index in [2.05, 4.69) is 59.0 Å². The Labute approximate surface area is 190 Å².